The van der Waals surface area contributed by atoms with Crippen LogP contribution in [0.15, 0.2) is 24.3 Å². The third-order valence-electron chi connectivity index (χ3n) is 11.7. The molecule has 1 unspecified atom stereocenters. The summed E-state index contributed by atoms with van der Waals surface area (Å²) in [5.41, 5.74) is 1.13. The molecular formula is C30H43NO3S. The van der Waals surface area contributed by atoms with Crippen LogP contribution in [0.4, 0.5) is 0 Å². The summed E-state index contributed by atoms with van der Waals surface area (Å²) < 4.78 is 1.27. The van der Waals surface area contributed by atoms with E-state index in [0.717, 1.165) is 63.3 Å². The Hall–Kier alpha value is -1.01. The largest absolute Gasteiger partial charge is 0.393 e. The van der Waals surface area contributed by atoms with Crippen LogP contribution in [0, 0.1) is 46.3 Å². The first-order valence-corrected chi connectivity index (χ1v) is 14.9. The minimum absolute atomic E-state index is 0.119. The van der Waals surface area contributed by atoms with Crippen molar-refractivity contribution in [1.29, 1.82) is 0 Å². The van der Waals surface area contributed by atoms with Gasteiger partial charge in [0.2, 0.25) is 0 Å². The smallest absolute Gasteiger partial charge is 0.0938 e. The van der Waals surface area contributed by atoms with Gasteiger partial charge in [0.25, 0.3) is 0 Å². The summed E-state index contributed by atoms with van der Waals surface area (Å²) in [5.74, 6) is 2.45. The maximum absolute atomic E-state index is 11.8. The van der Waals surface area contributed by atoms with Gasteiger partial charge in [-0.25, -0.2) is 4.98 Å². The molecule has 6 rings (SSSR count). The highest BCUT2D eigenvalue weighted by molar-refractivity contribution is 7.18. The minimum atomic E-state index is -0.305. The normalized spacial score (nSPS) is 46.1. The van der Waals surface area contributed by atoms with Gasteiger partial charge in [0.15, 0.2) is 0 Å². The van der Waals surface area contributed by atoms with Crippen LogP contribution in [0.1, 0.15) is 77.1 Å². The number of hydrogen-bond donors (Lipinski definition) is 3. The highest BCUT2D eigenvalue weighted by Gasteiger charge is 2.65. The number of nitrogens with zero attached hydrogens (tertiary/aromatic N) is 1. The molecule has 0 amide bonds. The van der Waals surface area contributed by atoms with E-state index in [1.807, 2.05) is 11.3 Å². The fourth-order valence-electron chi connectivity index (χ4n) is 9.71. The van der Waals surface area contributed by atoms with E-state index in [4.69, 9.17) is 4.98 Å². The van der Waals surface area contributed by atoms with Crippen molar-refractivity contribution in [2.45, 2.75) is 96.9 Å². The Morgan fingerprint density at radius 3 is 2.63 bits per heavy atom. The van der Waals surface area contributed by atoms with E-state index in [0.29, 0.717) is 35.5 Å². The Bertz CT molecular complexity index is 1040. The zero-order valence-electron chi connectivity index (χ0n) is 21.6. The molecule has 1 aromatic carbocycles. The van der Waals surface area contributed by atoms with Crippen LogP contribution in [0.5, 0.6) is 0 Å². The molecular weight excluding hydrogens is 454 g/mol. The molecule has 4 fully saturated rings. The van der Waals surface area contributed by atoms with Gasteiger partial charge in [0, 0.05) is 0 Å². The standard InChI is InChI=1S/C30H43NO3S/c1-17(8-11-27-31-23-6-4-5-7-25(23)35-27)20-9-10-21-28-22(16-26(34)30(20,21)3)29(2)13-12-19(32)14-18(29)15-24(28)33/h4-7,17-22,24,26,28,32-34H,8-16H2,1-3H3/t17?,18-,19+,20+,21-,22-,24+,26-,28-,29-,30+/m0/s1. The summed E-state index contributed by atoms with van der Waals surface area (Å²) in [5, 5.41) is 34.8. The molecule has 3 N–H and O–H groups in total. The topological polar surface area (TPSA) is 73.6 Å². The van der Waals surface area contributed by atoms with Crippen molar-refractivity contribution in [3.05, 3.63) is 29.3 Å². The van der Waals surface area contributed by atoms with Crippen LogP contribution in [0.3, 0.4) is 0 Å². The van der Waals surface area contributed by atoms with Crippen molar-refractivity contribution < 1.29 is 15.3 Å². The molecule has 1 heterocycles. The summed E-state index contributed by atoms with van der Waals surface area (Å²) in [4.78, 5) is 4.86. The van der Waals surface area contributed by atoms with Gasteiger partial charge in [-0.15, -0.1) is 11.3 Å². The summed E-state index contributed by atoms with van der Waals surface area (Å²) >= 11 is 1.82. The third kappa shape index (κ3) is 3.74. The zero-order valence-corrected chi connectivity index (χ0v) is 22.4. The molecule has 0 aliphatic heterocycles. The second kappa shape index (κ2) is 8.79. The fourth-order valence-corrected chi connectivity index (χ4v) is 10.7. The van der Waals surface area contributed by atoms with Gasteiger partial charge in [-0.3, -0.25) is 0 Å². The minimum Gasteiger partial charge on any atom is -0.393 e. The molecule has 192 valence electrons. The van der Waals surface area contributed by atoms with Crippen molar-refractivity contribution >= 4 is 21.6 Å². The lowest BCUT2D eigenvalue weighted by molar-refractivity contribution is -0.207. The van der Waals surface area contributed by atoms with Gasteiger partial charge in [-0.1, -0.05) is 32.9 Å². The lowest BCUT2D eigenvalue weighted by Crippen LogP contribution is -2.62. The van der Waals surface area contributed by atoms with Gasteiger partial charge < -0.3 is 15.3 Å². The first kappa shape index (κ1) is 24.3. The van der Waals surface area contributed by atoms with E-state index < -0.39 is 0 Å². The fraction of sp³-hybridized carbons (Fsp3) is 0.767. The number of hydrogen-bond acceptors (Lipinski definition) is 5. The SMILES string of the molecule is CC(CCc1nc2ccccc2s1)[C@H]1CC[C@H]2[C@@H]3[C@H](O)C[C@@H]4C[C@H](O)CC[C@]4(C)[C@H]3C[C@H](O)[C@]12C. The molecule has 0 radical (unpaired) electrons. The van der Waals surface area contributed by atoms with Crippen LogP contribution in [-0.2, 0) is 6.42 Å². The monoisotopic (exact) mass is 497 g/mol. The quantitative estimate of drug-likeness (QED) is 0.497. The predicted octanol–water partition coefficient (Wildman–Crippen LogP) is 5.83. The van der Waals surface area contributed by atoms with Crippen molar-refractivity contribution in [2.75, 3.05) is 0 Å². The van der Waals surface area contributed by atoms with Crippen molar-refractivity contribution in [1.82, 2.24) is 4.98 Å². The molecule has 5 heteroatoms. The number of fused-ring (bicyclic) bond motifs is 6. The van der Waals surface area contributed by atoms with Gasteiger partial charge in [0.05, 0.1) is 33.5 Å². The molecule has 4 saturated carbocycles. The zero-order chi connectivity index (χ0) is 24.5. The van der Waals surface area contributed by atoms with Crippen molar-refractivity contribution in [3.63, 3.8) is 0 Å². The maximum atomic E-state index is 11.8. The predicted molar refractivity (Wildman–Crippen MR) is 141 cm³/mol. The van der Waals surface area contributed by atoms with Gasteiger partial charge in [-0.2, -0.15) is 0 Å². The molecule has 0 spiro atoms. The molecule has 4 aliphatic rings. The molecule has 35 heavy (non-hydrogen) atoms. The Balaban J connectivity index is 1.21. The van der Waals surface area contributed by atoms with Crippen molar-refractivity contribution in [2.24, 2.45) is 46.3 Å². The number of aliphatic hydroxyl groups is 3. The van der Waals surface area contributed by atoms with Crippen LogP contribution in [0.25, 0.3) is 10.2 Å². The van der Waals surface area contributed by atoms with E-state index in [1.165, 1.54) is 9.71 Å². The van der Waals surface area contributed by atoms with Crippen LogP contribution >= 0.6 is 11.3 Å². The number of thiazole rings is 1. The Labute approximate surface area is 214 Å². The third-order valence-corrected chi connectivity index (χ3v) is 12.8. The second-order valence-electron chi connectivity index (χ2n) is 13.1. The van der Waals surface area contributed by atoms with Gasteiger partial charge in [0.1, 0.15) is 0 Å². The number of para-hydroxylation sites is 1. The van der Waals surface area contributed by atoms with E-state index in [9.17, 15) is 15.3 Å². The van der Waals surface area contributed by atoms with Gasteiger partial charge >= 0.3 is 0 Å². The number of benzene rings is 1. The van der Waals surface area contributed by atoms with E-state index in [-0.39, 0.29) is 29.1 Å². The molecule has 1 aromatic heterocycles. The van der Waals surface area contributed by atoms with E-state index in [1.54, 1.807) is 0 Å². The van der Waals surface area contributed by atoms with Crippen LogP contribution in [0.2, 0.25) is 0 Å². The molecule has 0 bridgehead atoms. The highest BCUT2D eigenvalue weighted by Crippen LogP contribution is 2.68. The Kier molecular flexibility index (Phi) is 6.11. The average molecular weight is 498 g/mol. The van der Waals surface area contributed by atoms with Gasteiger partial charge in [-0.05, 0) is 116 Å². The summed E-state index contributed by atoms with van der Waals surface area (Å²) in [6.45, 7) is 7.16. The lowest BCUT2D eigenvalue weighted by Gasteiger charge is -2.63. The highest BCUT2D eigenvalue weighted by atomic mass is 32.1. The molecule has 0 saturated heterocycles. The Morgan fingerprint density at radius 2 is 1.83 bits per heavy atom. The second-order valence-corrected chi connectivity index (χ2v) is 14.2. The lowest BCUT2D eigenvalue weighted by atomic mass is 9.43. The van der Waals surface area contributed by atoms with Crippen LogP contribution in [-0.4, -0.2) is 38.6 Å². The van der Waals surface area contributed by atoms with Crippen LogP contribution < -0.4 is 0 Å². The molecule has 2 aromatic rings. The summed E-state index contributed by atoms with van der Waals surface area (Å²) in [6, 6.07) is 8.40. The summed E-state index contributed by atoms with van der Waals surface area (Å²) in [7, 11) is 0. The Morgan fingerprint density at radius 1 is 1.03 bits per heavy atom. The van der Waals surface area contributed by atoms with E-state index in [2.05, 4.69) is 45.0 Å². The number of aromatic nitrogens is 1. The first-order valence-electron chi connectivity index (χ1n) is 14.1. The number of rotatable bonds is 4. The maximum Gasteiger partial charge on any atom is 0.0938 e. The average Bonchev–Trinajstić information content (AvgIpc) is 3.41. The molecule has 4 aliphatic carbocycles. The molecule has 4 nitrogen and oxygen atoms in total. The van der Waals surface area contributed by atoms with Crippen molar-refractivity contribution in [3.8, 4) is 0 Å². The first-order chi connectivity index (χ1) is 16.7. The van der Waals surface area contributed by atoms with E-state index >= 15 is 0 Å². The number of aryl methyl sites for hydroxylation is 1. The molecule has 11 atom stereocenters. The summed E-state index contributed by atoms with van der Waals surface area (Å²) in [6.07, 6.45) is 7.95. The number of aliphatic hydroxyl groups excluding tert-OH is 3.